The number of halogens is 3. The van der Waals surface area contributed by atoms with Gasteiger partial charge in [0.2, 0.25) is 0 Å². The lowest BCUT2D eigenvalue weighted by Crippen LogP contribution is -2.32. The number of anilines is 1. The zero-order chi connectivity index (χ0) is 13.8. The summed E-state index contributed by atoms with van der Waals surface area (Å²) in [7, 11) is 1.40. The van der Waals surface area contributed by atoms with Gasteiger partial charge in [0, 0.05) is 19.8 Å². The SMILES string of the molecule is CCNCc1cnc(N(C)CC(F)(F)F)c(C)c1. The van der Waals surface area contributed by atoms with Crippen molar-refractivity contribution in [2.75, 3.05) is 25.0 Å². The van der Waals surface area contributed by atoms with E-state index in [9.17, 15) is 13.2 Å². The Morgan fingerprint density at radius 2 is 2.06 bits per heavy atom. The monoisotopic (exact) mass is 261 g/mol. The second-order valence-electron chi connectivity index (χ2n) is 4.24. The molecular weight excluding hydrogens is 243 g/mol. The van der Waals surface area contributed by atoms with Crippen molar-refractivity contribution < 1.29 is 13.2 Å². The first-order chi connectivity index (χ1) is 8.33. The number of hydrogen-bond donors (Lipinski definition) is 1. The molecular formula is C12H18F3N3. The van der Waals surface area contributed by atoms with Crippen LogP contribution in [0.25, 0.3) is 0 Å². The van der Waals surface area contributed by atoms with Gasteiger partial charge in [-0.2, -0.15) is 13.2 Å². The highest BCUT2D eigenvalue weighted by molar-refractivity contribution is 5.46. The second-order valence-corrected chi connectivity index (χ2v) is 4.24. The molecule has 0 bridgehead atoms. The van der Waals surface area contributed by atoms with E-state index >= 15 is 0 Å². The van der Waals surface area contributed by atoms with Crippen LogP contribution in [0, 0.1) is 6.92 Å². The molecule has 0 amide bonds. The quantitative estimate of drug-likeness (QED) is 0.882. The van der Waals surface area contributed by atoms with Crippen molar-refractivity contribution in [3.63, 3.8) is 0 Å². The van der Waals surface area contributed by atoms with E-state index in [4.69, 9.17) is 0 Å². The van der Waals surface area contributed by atoms with E-state index < -0.39 is 12.7 Å². The number of nitrogens with zero attached hydrogens (tertiary/aromatic N) is 2. The Morgan fingerprint density at radius 1 is 1.39 bits per heavy atom. The smallest absolute Gasteiger partial charge is 0.350 e. The summed E-state index contributed by atoms with van der Waals surface area (Å²) < 4.78 is 36.9. The summed E-state index contributed by atoms with van der Waals surface area (Å²) in [6.45, 7) is 4.28. The molecule has 0 aliphatic rings. The molecule has 18 heavy (non-hydrogen) atoms. The van der Waals surface area contributed by atoms with Gasteiger partial charge in [-0.05, 0) is 30.7 Å². The number of pyridine rings is 1. The van der Waals surface area contributed by atoms with Gasteiger partial charge in [0.15, 0.2) is 0 Å². The van der Waals surface area contributed by atoms with Crippen molar-refractivity contribution in [2.45, 2.75) is 26.6 Å². The third kappa shape index (κ3) is 4.52. The third-order valence-corrected chi connectivity index (χ3v) is 2.46. The van der Waals surface area contributed by atoms with E-state index in [1.807, 2.05) is 13.0 Å². The summed E-state index contributed by atoms with van der Waals surface area (Å²) in [4.78, 5) is 5.22. The van der Waals surface area contributed by atoms with Crippen molar-refractivity contribution in [3.8, 4) is 0 Å². The highest BCUT2D eigenvalue weighted by Crippen LogP contribution is 2.22. The maximum absolute atomic E-state index is 12.3. The third-order valence-electron chi connectivity index (χ3n) is 2.46. The lowest BCUT2D eigenvalue weighted by molar-refractivity contribution is -0.119. The average Bonchev–Trinajstić information content (AvgIpc) is 2.23. The minimum Gasteiger partial charge on any atom is -0.350 e. The first-order valence-electron chi connectivity index (χ1n) is 5.77. The largest absolute Gasteiger partial charge is 0.405 e. The van der Waals surface area contributed by atoms with E-state index in [2.05, 4.69) is 10.3 Å². The fraction of sp³-hybridized carbons (Fsp3) is 0.583. The van der Waals surface area contributed by atoms with Gasteiger partial charge >= 0.3 is 6.18 Å². The van der Waals surface area contributed by atoms with Crippen LogP contribution in [0.4, 0.5) is 19.0 Å². The molecule has 0 aromatic carbocycles. The van der Waals surface area contributed by atoms with Crippen LogP contribution in [0.3, 0.4) is 0 Å². The molecule has 0 atom stereocenters. The fourth-order valence-electron chi connectivity index (χ4n) is 1.74. The Balaban J connectivity index is 2.78. The van der Waals surface area contributed by atoms with Crippen molar-refractivity contribution in [1.29, 1.82) is 0 Å². The number of alkyl halides is 3. The number of hydrogen-bond acceptors (Lipinski definition) is 3. The predicted molar refractivity (Wildman–Crippen MR) is 65.7 cm³/mol. The highest BCUT2D eigenvalue weighted by Gasteiger charge is 2.30. The van der Waals surface area contributed by atoms with Gasteiger partial charge in [-0.3, -0.25) is 0 Å². The standard InChI is InChI=1S/C12H18F3N3/c1-4-16-6-10-5-9(2)11(17-7-10)18(3)8-12(13,14)15/h5,7,16H,4,6,8H2,1-3H3. The summed E-state index contributed by atoms with van der Waals surface area (Å²) in [5.74, 6) is 0.368. The minimum absolute atomic E-state index is 0.368. The predicted octanol–water partition coefficient (Wildman–Crippen LogP) is 2.50. The molecule has 1 aromatic rings. The fourth-order valence-corrected chi connectivity index (χ4v) is 1.74. The Bertz CT molecular complexity index is 391. The van der Waals surface area contributed by atoms with Crippen molar-refractivity contribution >= 4 is 5.82 Å². The van der Waals surface area contributed by atoms with E-state index in [1.165, 1.54) is 7.05 Å². The van der Waals surface area contributed by atoms with Crippen molar-refractivity contribution in [2.24, 2.45) is 0 Å². The zero-order valence-corrected chi connectivity index (χ0v) is 10.8. The normalized spacial score (nSPS) is 11.7. The summed E-state index contributed by atoms with van der Waals surface area (Å²) in [6, 6.07) is 1.86. The molecule has 0 aliphatic carbocycles. The van der Waals surface area contributed by atoms with E-state index in [-0.39, 0.29) is 0 Å². The molecule has 1 heterocycles. The molecule has 3 nitrogen and oxygen atoms in total. The Kier molecular flexibility index (Phi) is 4.95. The first kappa shape index (κ1) is 14.8. The molecule has 6 heteroatoms. The molecule has 1 rings (SSSR count). The van der Waals surface area contributed by atoms with E-state index in [0.29, 0.717) is 12.4 Å². The van der Waals surface area contributed by atoms with Crippen LogP contribution in [0.5, 0.6) is 0 Å². The topological polar surface area (TPSA) is 28.2 Å². The Hall–Kier alpha value is -1.30. The van der Waals surface area contributed by atoms with Crippen LogP contribution >= 0.6 is 0 Å². The van der Waals surface area contributed by atoms with Gasteiger partial charge in [0.1, 0.15) is 12.4 Å². The molecule has 0 saturated carbocycles. The molecule has 1 aromatic heterocycles. The Labute approximate surface area is 105 Å². The summed E-state index contributed by atoms with van der Waals surface area (Å²) in [5.41, 5.74) is 1.72. The van der Waals surface area contributed by atoms with Crippen LogP contribution < -0.4 is 10.2 Å². The van der Waals surface area contributed by atoms with Gasteiger partial charge in [0.05, 0.1) is 0 Å². The van der Waals surface area contributed by atoms with Gasteiger partial charge < -0.3 is 10.2 Å². The van der Waals surface area contributed by atoms with Gasteiger partial charge in [-0.25, -0.2) is 4.98 Å². The number of nitrogens with one attached hydrogen (secondary N) is 1. The van der Waals surface area contributed by atoms with Crippen molar-refractivity contribution in [3.05, 3.63) is 23.4 Å². The van der Waals surface area contributed by atoms with Gasteiger partial charge in [-0.15, -0.1) is 0 Å². The van der Waals surface area contributed by atoms with Crippen molar-refractivity contribution in [1.82, 2.24) is 10.3 Å². The second kappa shape index (κ2) is 6.04. The van der Waals surface area contributed by atoms with Crippen LogP contribution in [-0.2, 0) is 6.54 Å². The van der Waals surface area contributed by atoms with E-state index in [0.717, 1.165) is 22.6 Å². The molecule has 0 saturated heterocycles. The number of aryl methyl sites for hydroxylation is 1. The lowest BCUT2D eigenvalue weighted by Gasteiger charge is -2.21. The highest BCUT2D eigenvalue weighted by atomic mass is 19.4. The molecule has 0 fully saturated rings. The average molecular weight is 261 g/mol. The maximum atomic E-state index is 12.3. The lowest BCUT2D eigenvalue weighted by atomic mass is 10.2. The van der Waals surface area contributed by atoms with Crippen LogP contribution in [-0.4, -0.2) is 31.3 Å². The Morgan fingerprint density at radius 3 is 2.56 bits per heavy atom. The van der Waals surface area contributed by atoms with Gasteiger partial charge in [-0.1, -0.05) is 6.92 Å². The molecule has 0 spiro atoms. The van der Waals surface area contributed by atoms with Crippen LogP contribution in [0.15, 0.2) is 12.3 Å². The first-order valence-corrected chi connectivity index (χ1v) is 5.77. The van der Waals surface area contributed by atoms with E-state index in [1.54, 1.807) is 13.1 Å². The summed E-state index contributed by atoms with van der Waals surface area (Å²) in [5, 5.41) is 3.15. The minimum atomic E-state index is -4.22. The molecule has 0 radical (unpaired) electrons. The summed E-state index contributed by atoms with van der Waals surface area (Å²) >= 11 is 0. The molecule has 102 valence electrons. The molecule has 0 aliphatic heterocycles. The number of aromatic nitrogens is 1. The van der Waals surface area contributed by atoms with Crippen LogP contribution in [0.1, 0.15) is 18.1 Å². The number of rotatable bonds is 5. The zero-order valence-electron chi connectivity index (χ0n) is 10.8. The molecule has 1 N–H and O–H groups in total. The molecule has 0 unspecified atom stereocenters. The van der Waals surface area contributed by atoms with Gasteiger partial charge in [0.25, 0.3) is 0 Å². The van der Waals surface area contributed by atoms with Crippen LogP contribution in [0.2, 0.25) is 0 Å². The summed E-state index contributed by atoms with van der Waals surface area (Å²) in [6.07, 6.45) is -2.61. The maximum Gasteiger partial charge on any atom is 0.405 e.